The molecule has 16 heteroatoms. The molecule has 0 amide bonds. The Kier molecular flexibility index (Phi) is 12.8. The van der Waals surface area contributed by atoms with Crippen molar-refractivity contribution in [3.8, 4) is 62.5 Å². The van der Waals surface area contributed by atoms with E-state index in [4.69, 9.17) is 18.9 Å². The summed E-state index contributed by atoms with van der Waals surface area (Å²) in [6.07, 6.45) is 0. The molecule has 0 aliphatic rings. The summed E-state index contributed by atoms with van der Waals surface area (Å²) < 4.78 is 118. The van der Waals surface area contributed by atoms with Crippen molar-refractivity contribution in [1.82, 2.24) is 0 Å². The maximum Gasteiger partial charge on any atom is 0.298 e. The van der Waals surface area contributed by atoms with Crippen LogP contribution in [0.25, 0.3) is 22.3 Å². The van der Waals surface area contributed by atoms with Crippen LogP contribution in [0.2, 0.25) is 0 Å². The molecule has 0 aliphatic carbocycles. The molecule has 0 heterocycles. The van der Waals surface area contributed by atoms with Gasteiger partial charge in [-0.05, 0) is 151 Å². The molecule has 8 aromatic carbocycles. The van der Waals surface area contributed by atoms with Gasteiger partial charge in [-0.3, -0.25) is 13.9 Å². The molecule has 338 valence electrons. The highest BCUT2D eigenvalue weighted by Crippen LogP contribution is 2.36. The standard InChI is InChI=1S/C51H38O13S3/c1-33-3-5-34(6-4-33)35-7-17-40(18-8-35)62-42-23-13-38(14-24-42)51(52)39-15-25-43(26-16-39)63-41-19-9-36(10-20-41)37-11-21-44(22-12-37)64-48-30-28-46(32-50(48)67(58,59)60)65(53,54)45-27-29-47(61-2)49(31-45)66(55,56)57/h3-32H,1-2H3,(H,55,56,57)(H,58,59,60). The normalized spacial score (nSPS) is 11.7. The Hall–Kier alpha value is -7.60. The first-order valence-electron chi connectivity index (χ1n) is 20.1. The molecule has 0 fully saturated rings. The molecule has 8 rings (SSSR count). The molecule has 0 bridgehead atoms. The van der Waals surface area contributed by atoms with Gasteiger partial charge in [-0.1, -0.05) is 66.2 Å². The van der Waals surface area contributed by atoms with E-state index >= 15 is 0 Å². The number of hydrogen-bond donors (Lipinski definition) is 2. The van der Waals surface area contributed by atoms with Crippen molar-refractivity contribution in [2.24, 2.45) is 0 Å². The Morgan fingerprint density at radius 3 is 1.07 bits per heavy atom. The largest absolute Gasteiger partial charge is 0.495 e. The van der Waals surface area contributed by atoms with Crippen molar-refractivity contribution >= 4 is 35.9 Å². The summed E-state index contributed by atoms with van der Waals surface area (Å²) in [7, 11) is -13.4. The van der Waals surface area contributed by atoms with Crippen LogP contribution in [0.3, 0.4) is 0 Å². The molecule has 0 spiro atoms. The van der Waals surface area contributed by atoms with E-state index in [0.717, 1.165) is 53.6 Å². The quantitative estimate of drug-likeness (QED) is 0.0728. The number of aryl methyl sites for hydroxylation is 1. The van der Waals surface area contributed by atoms with Crippen LogP contribution in [0.1, 0.15) is 21.5 Å². The predicted molar refractivity (Wildman–Crippen MR) is 250 cm³/mol. The number of methoxy groups -OCH3 is 1. The van der Waals surface area contributed by atoms with Gasteiger partial charge in [0.1, 0.15) is 50.0 Å². The minimum Gasteiger partial charge on any atom is -0.495 e. The first-order chi connectivity index (χ1) is 31.9. The zero-order valence-corrected chi connectivity index (χ0v) is 37.9. The third-order valence-corrected chi connectivity index (χ3v) is 13.9. The fourth-order valence-corrected chi connectivity index (χ4v) is 9.69. The smallest absolute Gasteiger partial charge is 0.298 e. The second-order valence-electron chi connectivity index (χ2n) is 15.0. The van der Waals surface area contributed by atoms with Gasteiger partial charge in [-0.15, -0.1) is 0 Å². The van der Waals surface area contributed by atoms with Crippen molar-refractivity contribution in [2.45, 2.75) is 26.5 Å². The minimum absolute atomic E-state index is 0.154. The lowest BCUT2D eigenvalue weighted by Crippen LogP contribution is -2.08. The summed E-state index contributed by atoms with van der Waals surface area (Å²) in [6, 6.07) is 49.0. The highest BCUT2D eigenvalue weighted by atomic mass is 32.2. The lowest BCUT2D eigenvalue weighted by atomic mass is 10.0. The van der Waals surface area contributed by atoms with Gasteiger partial charge in [0.25, 0.3) is 20.2 Å². The lowest BCUT2D eigenvalue weighted by Gasteiger charge is -2.13. The van der Waals surface area contributed by atoms with Gasteiger partial charge >= 0.3 is 0 Å². The second kappa shape index (κ2) is 18.7. The Labute approximate surface area is 386 Å². The van der Waals surface area contributed by atoms with E-state index in [1.54, 1.807) is 84.9 Å². The fraction of sp³-hybridized carbons (Fsp3) is 0.0392. The molecule has 13 nitrogen and oxygen atoms in total. The minimum atomic E-state index is -5.05. The molecule has 0 saturated carbocycles. The first kappa shape index (κ1) is 45.9. The summed E-state index contributed by atoms with van der Waals surface area (Å²) in [5.41, 5.74) is 5.96. The van der Waals surface area contributed by atoms with E-state index in [0.29, 0.717) is 46.3 Å². The van der Waals surface area contributed by atoms with Crippen molar-refractivity contribution in [3.63, 3.8) is 0 Å². The van der Waals surface area contributed by atoms with Gasteiger partial charge in [0.05, 0.1) is 16.9 Å². The molecule has 2 N–H and O–H groups in total. The molecular formula is C51H38O13S3. The number of sulfone groups is 1. The third-order valence-electron chi connectivity index (χ3n) is 10.4. The monoisotopic (exact) mass is 954 g/mol. The number of hydrogen-bond acceptors (Lipinski definition) is 11. The highest BCUT2D eigenvalue weighted by Gasteiger charge is 2.27. The Bertz CT molecular complexity index is 3450. The number of ether oxygens (including phenoxy) is 4. The number of ketones is 1. The fourth-order valence-electron chi connectivity index (χ4n) is 6.91. The summed E-state index contributed by atoms with van der Waals surface area (Å²) in [4.78, 5) is 10.4. The molecule has 0 saturated heterocycles. The van der Waals surface area contributed by atoms with E-state index in [-0.39, 0.29) is 17.3 Å². The molecule has 0 radical (unpaired) electrons. The number of carbonyl (C=O) groups is 1. The molecule has 0 atom stereocenters. The van der Waals surface area contributed by atoms with Crippen LogP contribution in [0.15, 0.2) is 202 Å². The average Bonchev–Trinajstić information content (AvgIpc) is 3.32. The van der Waals surface area contributed by atoms with Gasteiger partial charge < -0.3 is 18.9 Å². The van der Waals surface area contributed by atoms with Gasteiger partial charge in [0.15, 0.2) is 5.78 Å². The van der Waals surface area contributed by atoms with E-state index in [9.17, 15) is 39.2 Å². The molecule has 0 aromatic heterocycles. The molecular weight excluding hydrogens is 917 g/mol. The molecule has 8 aromatic rings. The van der Waals surface area contributed by atoms with Gasteiger partial charge in [0, 0.05) is 11.1 Å². The van der Waals surface area contributed by atoms with Gasteiger partial charge in [0.2, 0.25) is 9.84 Å². The van der Waals surface area contributed by atoms with Gasteiger partial charge in [-0.25, -0.2) is 8.42 Å². The third kappa shape index (κ3) is 10.6. The zero-order valence-electron chi connectivity index (χ0n) is 35.4. The van der Waals surface area contributed by atoms with Crippen LogP contribution in [0.4, 0.5) is 0 Å². The summed E-state index contributed by atoms with van der Waals surface area (Å²) >= 11 is 0. The highest BCUT2D eigenvalue weighted by molar-refractivity contribution is 7.91. The van der Waals surface area contributed by atoms with E-state index in [2.05, 4.69) is 31.2 Å². The molecule has 0 aliphatic heterocycles. The maximum atomic E-state index is 13.4. The van der Waals surface area contributed by atoms with Crippen molar-refractivity contribution in [3.05, 3.63) is 199 Å². The molecule has 0 unspecified atom stereocenters. The summed E-state index contributed by atoms with van der Waals surface area (Å²) in [5.74, 6) is 1.63. The van der Waals surface area contributed by atoms with E-state index in [1.165, 1.54) is 5.56 Å². The Morgan fingerprint density at radius 1 is 0.403 bits per heavy atom. The van der Waals surface area contributed by atoms with Crippen molar-refractivity contribution < 1.29 is 58.1 Å². The van der Waals surface area contributed by atoms with Crippen LogP contribution in [-0.2, 0) is 30.1 Å². The van der Waals surface area contributed by atoms with Crippen LogP contribution in [0, 0.1) is 6.92 Å². The lowest BCUT2D eigenvalue weighted by molar-refractivity contribution is 0.103. The number of benzene rings is 8. The topological polar surface area (TPSA) is 197 Å². The van der Waals surface area contributed by atoms with Gasteiger partial charge in [-0.2, -0.15) is 16.8 Å². The average molecular weight is 955 g/mol. The SMILES string of the molecule is COc1ccc(S(=O)(=O)c2ccc(Oc3ccc(-c4ccc(Oc5ccc(C(=O)c6ccc(Oc7ccc(-c8ccc(C)cc8)cc7)cc6)cc5)cc4)cc3)c(S(=O)(=O)O)c2)cc1S(=O)(=O)O. The zero-order chi connectivity index (χ0) is 47.5. The number of carbonyl (C=O) groups excluding carboxylic acids is 1. The van der Waals surface area contributed by atoms with Crippen LogP contribution in [-0.4, -0.2) is 47.3 Å². The second-order valence-corrected chi connectivity index (χ2v) is 19.7. The van der Waals surface area contributed by atoms with E-state index < -0.39 is 55.4 Å². The van der Waals surface area contributed by atoms with Crippen LogP contribution in [0.5, 0.6) is 40.2 Å². The first-order valence-corrected chi connectivity index (χ1v) is 24.5. The van der Waals surface area contributed by atoms with Crippen LogP contribution >= 0.6 is 0 Å². The Balaban J connectivity index is 0.880. The van der Waals surface area contributed by atoms with Crippen molar-refractivity contribution in [2.75, 3.05) is 7.11 Å². The van der Waals surface area contributed by atoms with Crippen LogP contribution < -0.4 is 18.9 Å². The van der Waals surface area contributed by atoms with Crippen molar-refractivity contribution in [1.29, 1.82) is 0 Å². The summed E-state index contributed by atoms with van der Waals surface area (Å²) in [6.45, 7) is 2.05. The number of rotatable bonds is 15. The predicted octanol–water partition coefficient (Wildman–Crippen LogP) is 11.3. The Morgan fingerprint density at radius 2 is 0.716 bits per heavy atom. The summed E-state index contributed by atoms with van der Waals surface area (Å²) in [5, 5.41) is 0. The molecule has 67 heavy (non-hydrogen) atoms. The maximum absolute atomic E-state index is 13.4. The van der Waals surface area contributed by atoms with E-state index in [1.807, 2.05) is 36.4 Å².